The third-order valence-corrected chi connectivity index (χ3v) is 4.88. The molecule has 4 aromatic rings. The molecule has 0 bridgehead atoms. The van der Waals surface area contributed by atoms with Gasteiger partial charge in [-0.05, 0) is 35.4 Å². The number of hydrogen-bond donors (Lipinski definition) is 0. The Morgan fingerprint density at radius 3 is 2.50 bits per heavy atom. The maximum Gasteiger partial charge on any atom is 0.416 e. The number of alkyl halides is 3. The average Bonchev–Trinajstić information content (AvgIpc) is 3.46. The second-order valence-electron chi connectivity index (χ2n) is 7.23. The molecule has 10 heteroatoms. The van der Waals surface area contributed by atoms with Gasteiger partial charge in [0.25, 0.3) is 5.91 Å². The predicted molar refractivity (Wildman–Crippen MR) is 110 cm³/mol. The van der Waals surface area contributed by atoms with Crippen LogP contribution in [0.4, 0.5) is 13.2 Å². The molecule has 0 aliphatic rings. The summed E-state index contributed by atoms with van der Waals surface area (Å²) in [4.78, 5) is 14.2. The number of halogens is 3. The fourth-order valence-electron chi connectivity index (χ4n) is 3.30. The van der Waals surface area contributed by atoms with Crippen molar-refractivity contribution in [3.8, 4) is 5.69 Å². The molecule has 0 N–H and O–H groups in total. The molecule has 0 spiro atoms. The number of rotatable bonds is 6. The topological polar surface area (TPSA) is 68.8 Å². The molecule has 0 unspecified atom stereocenters. The van der Waals surface area contributed by atoms with Crippen molar-refractivity contribution < 1.29 is 18.0 Å². The van der Waals surface area contributed by atoms with E-state index in [0.29, 0.717) is 6.54 Å². The summed E-state index contributed by atoms with van der Waals surface area (Å²) < 4.78 is 42.5. The Labute approximate surface area is 181 Å². The van der Waals surface area contributed by atoms with Crippen molar-refractivity contribution >= 4 is 5.91 Å². The first kappa shape index (κ1) is 21.3. The molecular formula is C22H19F3N6O. The van der Waals surface area contributed by atoms with Gasteiger partial charge in [0.1, 0.15) is 0 Å². The van der Waals surface area contributed by atoms with E-state index in [9.17, 15) is 18.0 Å². The Hall–Kier alpha value is -3.95. The minimum atomic E-state index is -4.47. The van der Waals surface area contributed by atoms with Crippen LogP contribution < -0.4 is 0 Å². The monoisotopic (exact) mass is 440 g/mol. The zero-order valence-electron chi connectivity index (χ0n) is 17.1. The summed E-state index contributed by atoms with van der Waals surface area (Å²) in [6, 6.07) is 14.7. The zero-order chi connectivity index (χ0) is 22.7. The van der Waals surface area contributed by atoms with E-state index >= 15 is 0 Å². The number of benzene rings is 2. The number of hydrogen-bond acceptors (Lipinski definition) is 4. The van der Waals surface area contributed by atoms with Crippen LogP contribution in [0.5, 0.6) is 0 Å². The largest absolute Gasteiger partial charge is 0.416 e. The van der Waals surface area contributed by atoms with Crippen LogP contribution in [0.15, 0.2) is 73.2 Å². The Morgan fingerprint density at radius 1 is 1.06 bits per heavy atom. The number of carbonyl (C=O) groups is 1. The van der Waals surface area contributed by atoms with E-state index in [-0.39, 0.29) is 23.7 Å². The molecule has 0 fully saturated rings. The molecule has 0 saturated heterocycles. The van der Waals surface area contributed by atoms with Crippen molar-refractivity contribution in [3.05, 3.63) is 95.6 Å². The summed E-state index contributed by atoms with van der Waals surface area (Å²) in [5.41, 5.74) is 1.18. The third kappa shape index (κ3) is 4.69. The van der Waals surface area contributed by atoms with Crippen LogP contribution in [0.2, 0.25) is 0 Å². The molecule has 0 aliphatic heterocycles. The van der Waals surface area contributed by atoms with Gasteiger partial charge in [0.2, 0.25) is 0 Å². The summed E-state index contributed by atoms with van der Waals surface area (Å²) in [6.07, 6.45) is 0.409. The maximum atomic E-state index is 13.2. The molecule has 7 nitrogen and oxygen atoms in total. The summed E-state index contributed by atoms with van der Waals surface area (Å²) in [7, 11) is 1.63. The fraction of sp³-hybridized carbons (Fsp3) is 0.182. The van der Waals surface area contributed by atoms with Gasteiger partial charge in [-0.2, -0.15) is 18.3 Å². The molecule has 0 aliphatic carbocycles. The predicted octanol–water partition coefficient (Wildman–Crippen LogP) is 3.80. The van der Waals surface area contributed by atoms with Gasteiger partial charge >= 0.3 is 6.18 Å². The Morgan fingerprint density at radius 2 is 1.81 bits per heavy atom. The molecular weight excluding hydrogens is 421 g/mol. The number of aromatic nitrogens is 5. The molecule has 2 heterocycles. The van der Waals surface area contributed by atoms with E-state index in [2.05, 4.69) is 15.4 Å². The van der Waals surface area contributed by atoms with E-state index in [4.69, 9.17) is 0 Å². The summed E-state index contributed by atoms with van der Waals surface area (Å²) in [5.74, 6) is -0.378. The standard InChI is InChI=1S/C22H19F3N6O/c1-29(13-16-7-9-18(10-8-16)31-12-4-11-26-31)21(32)20-15-30(28-27-20)14-17-5-2-3-6-19(17)22(23,24)25/h2-12,15H,13-14H2,1H3. The second-order valence-corrected chi connectivity index (χ2v) is 7.23. The van der Waals surface area contributed by atoms with E-state index in [1.165, 1.54) is 34.0 Å². The molecule has 2 aromatic carbocycles. The lowest BCUT2D eigenvalue weighted by atomic mass is 10.1. The lowest BCUT2D eigenvalue weighted by Crippen LogP contribution is -2.26. The van der Waals surface area contributed by atoms with Gasteiger partial charge in [-0.25, -0.2) is 9.36 Å². The summed E-state index contributed by atoms with van der Waals surface area (Å²) >= 11 is 0. The first-order valence-electron chi connectivity index (χ1n) is 9.71. The lowest BCUT2D eigenvalue weighted by Gasteiger charge is -2.16. The Bertz CT molecular complexity index is 1200. The molecule has 0 atom stereocenters. The Balaban J connectivity index is 1.42. The smallest absolute Gasteiger partial charge is 0.336 e. The third-order valence-electron chi connectivity index (χ3n) is 4.88. The minimum absolute atomic E-state index is 0.0505. The van der Waals surface area contributed by atoms with E-state index < -0.39 is 11.7 Å². The highest BCUT2D eigenvalue weighted by Crippen LogP contribution is 2.32. The van der Waals surface area contributed by atoms with Crippen molar-refractivity contribution in [1.29, 1.82) is 0 Å². The van der Waals surface area contributed by atoms with Gasteiger partial charge in [0.15, 0.2) is 5.69 Å². The minimum Gasteiger partial charge on any atom is -0.336 e. The van der Waals surface area contributed by atoms with Crippen LogP contribution in [0.3, 0.4) is 0 Å². The van der Waals surface area contributed by atoms with Crippen LogP contribution in [0.1, 0.15) is 27.2 Å². The Kier molecular flexibility index (Phi) is 5.76. The first-order valence-corrected chi connectivity index (χ1v) is 9.71. The van der Waals surface area contributed by atoms with Gasteiger partial charge in [0.05, 0.1) is 24.0 Å². The van der Waals surface area contributed by atoms with Crippen LogP contribution >= 0.6 is 0 Å². The highest BCUT2D eigenvalue weighted by molar-refractivity contribution is 5.91. The molecule has 2 aromatic heterocycles. The fourth-order valence-corrected chi connectivity index (χ4v) is 3.30. The summed E-state index contributed by atoms with van der Waals surface area (Å²) in [5, 5.41) is 11.8. The number of nitrogens with zero attached hydrogens (tertiary/aromatic N) is 6. The number of amides is 1. The molecule has 32 heavy (non-hydrogen) atoms. The van der Waals surface area contributed by atoms with Crippen molar-refractivity contribution in [3.63, 3.8) is 0 Å². The first-order chi connectivity index (χ1) is 15.3. The lowest BCUT2D eigenvalue weighted by molar-refractivity contribution is -0.138. The van der Waals surface area contributed by atoms with Crippen molar-refractivity contribution in [2.75, 3.05) is 7.05 Å². The van der Waals surface area contributed by atoms with Gasteiger partial charge in [-0.3, -0.25) is 4.79 Å². The van der Waals surface area contributed by atoms with Crippen molar-refractivity contribution in [2.24, 2.45) is 0 Å². The SMILES string of the molecule is CN(Cc1ccc(-n2cccn2)cc1)C(=O)c1cn(Cc2ccccc2C(F)(F)F)nn1. The number of carbonyl (C=O) groups excluding carboxylic acids is 1. The molecule has 1 amide bonds. The average molecular weight is 440 g/mol. The van der Waals surface area contributed by atoms with Gasteiger partial charge in [-0.15, -0.1) is 5.10 Å². The van der Waals surface area contributed by atoms with Crippen molar-refractivity contribution in [1.82, 2.24) is 29.7 Å². The van der Waals surface area contributed by atoms with Crippen LogP contribution in [-0.4, -0.2) is 42.6 Å². The van der Waals surface area contributed by atoms with E-state index in [1.54, 1.807) is 17.9 Å². The second kappa shape index (κ2) is 8.66. The van der Waals surface area contributed by atoms with Gasteiger partial charge < -0.3 is 4.90 Å². The van der Waals surface area contributed by atoms with E-state index in [1.807, 2.05) is 36.5 Å². The summed E-state index contributed by atoms with van der Waals surface area (Å²) in [6.45, 7) is 0.191. The van der Waals surface area contributed by atoms with Crippen LogP contribution in [0, 0.1) is 0 Å². The zero-order valence-corrected chi connectivity index (χ0v) is 17.1. The van der Waals surface area contributed by atoms with Crippen molar-refractivity contribution in [2.45, 2.75) is 19.3 Å². The quantitative estimate of drug-likeness (QED) is 0.457. The van der Waals surface area contributed by atoms with Gasteiger partial charge in [0, 0.05) is 26.0 Å². The molecule has 0 saturated carbocycles. The highest BCUT2D eigenvalue weighted by Gasteiger charge is 2.33. The maximum absolute atomic E-state index is 13.2. The normalized spacial score (nSPS) is 11.5. The van der Waals surface area contributed by atoms with Gasteiger partial charge in [-0.1, -0.05) is 35.5 Å². The molecule has 164 valence electrons. The van der Waals surface area contributed by atoms with Crippen LogP contribution in [0.25, 0.3) is 5.69 Å². The van der Waals surface area contributed by atoms with E-state index in [0.717, 1.165) is 17.3 Å². The molecule has 0 radical (unpaired) electrons. The van der Waals surface area contributed by atoms with Crippen LogP contribution in [-0.2, 0) is 19.3 Å². The highest BCUT2D eigenvalue weighted by atomic mass is 19.4. The molecule has 4 rings (SSSR count).